The number of rotatable bonds is 5. The Morgan fingerprint density at radius 2 is 2.15 bits per heavy atom. The van der Waals surface area contributed by atoms with Crippen molar-refractivity contribution in [2.75, 3.05) is 20.6 Å². The molecule has 2 aromatic rings. The van der Waals surface area contributed by atoms with Crippen LogP contribution >= 0.6 is 22.9 Å². The van der Waals surface area contributed by atoms with E-state index >= 15 is 0 Å². The molecule has 0 fully saturated rings. The van der Waals surface area contributed by atoms with Gasteiger partial charge in [-0.2, -0.15) is 5.10 Å². The van der Waals surface area contributed by atoms with Crippen molar-refractivity contribution in [3.05, 3.63) is 32.5 Å². The number of halogens is 1. The number of nitrogens with zero attached hydrogens (tertiary/aromatic N) is 4. The Kier molecular flexibility index (Phi) is 4.80. The van der Waals surface area contributed by atoms with Crippen LogP contribution in [0.2, 0.25) is 5.02 Å². The summed E-state index contributed by atoms with van der Waals surface area (Å²) in [6, 6.07) is -0.279. The molecule has 7 heteroatoms. The second-order valence-corrected chi connectivity index (χ2v) is 6.71. The normalized spacial score (nSPS) is 13.2. The molecule has 0 aliphatic heterocycles. The first-order valence-corrected chi connectivity index (χ1v) is 7.65. The van der Waals surface area contributed by atoms with Gasteiger partial charge < -0.3 is 10.6 Å². The van der Waals surface area contributed by atoms with Gasteiger partial charge in [-0.1, -0.05) is 11.6 Å². The summed E-state index contributed by atoms with van der Waals surface area (Å²) in [5, 5.41) is 5.96. The Morgan fingerprint density at radius 3 is 2.70 bits per heavy atom. The average molecular weight is 314 g/mol. The van der Waals surface area contributed by atoms with Gasteiger partial charge in [-0.05, 0) is 27.9 Å². The van der Waals surface area contributed by atoms with Crippen LogP contribution < -0.4 is 5.73 Å². The highest BCUT2D eigenvalue weighted by atomic mass is 35.5. The summed E-state index contributed by atoms with van der Waals surface area (Å²) < 4.78 is 1.89. The standard InChI is InChI=1S/C13H20ClN5S/c1-8-13(20-9(2)17-8)11(15)12-10(14)7-16-19(12)6-5-18(3)4/h7,11H,5-6,15H2,1-4H3. The second kappa shape index (κ2) is 6.22. The zero-order valence-corrected chi connectivity index (χ0v) is 13.8. The fourth-order valence-corrected chi connectivity index (χ4v) is 3.31. The molecule has 2 aromatic heterocycles. The van der Waals surface area contributed by atoms with Crippen LogP contribution in [-0.2, 0) is 6.54 Å². The molecule has 2 N–H and O–H groups in total. The van der Waals surface area contributed by atoms with Crippen molar-refractivity contribution < 1.29 is 0 Å². The van der Waals surface area contributed by atoms with E-state index in [2.05, 4.69) is 15.0 Å². The Hall–Kier alpha value is -0.950. The minimum Gasteiger partial charge on any atom is -0.318 e. The molecule has 5 nitrogen and oxygen atoms in total. The summed E-state index contributed by atoms with van der Waals surface area (Å²) in [7, 11) is 4.06. The van der Waals surface area contributed by atoms with Gasteiger partial charge in [0.2, 0.25) is 0 Å². The Bertz CT molecular complexity index is 590. The lowest BCUT2D eigenvalue weighted by atomic mass is 10.1. The summed E-state index contributed by atoms with van der Waals surface area (Å²) in [6.45, 7) is 5.62. The average Bonchev–Trinajstić information content (AvgIpc) is 2.89. The Morgan fingerprint density at radius 1 is 1.45 bits per heavy atom. The van der Waals surface area contributed by atoms with Gasteiger partial charge in [0, 0.05) is 6.54 Å². The molecular formula is C13H20ClN5S. The van der Waals surface area contributed by atoms with Gasteiger partial charge in [-0.25, -0.2) is 4.98 Å². The van der Waals surface area contributed by atoms with Crippen molar-refractivity contribution in [2.24, 2.45) is 5.73 Å². The van der Waals surface area contributed by atoms with E-state index in [1.54, 1.807) is 17.5 Å². The molecule has 0 saturated heterocycles. The summed E-state index contributed by atoms with van der Waals surface area (Å²) in [5.74, 6) is 0. The number of nitrogens with two attached hydrogens (primary N) is 1. The molecule has 0 amide bonds. The third kappa shape index (κ3) is 3.20. The zero-order chi connectivity index (χ0) is 14.9. The lowest BCUT2D eigenvalue weighted by Gasteiger charge is -2.16. The number of hydrogen-bond donors (Lipinski definition) is 1. The van der Waals surface area contributed by atoms with E-state index < -0.39 is 0 Å². The van der Waals surface area contributed by atoms with Crippen LogP contribution in [0.3, 0.4) is 0 Å². The van der Waals surface area contributed by atoms with Crippen LogP contribution in [-0.4, -0.2) is 40.3 Å². The van der Waals surface area contributed by atoms with Crippen molar-refractivity contribution in [3.63, 3.8) is 0 Å². The molecule has 0 aliphatic rings. The van der Waals surface area contributed by atoms with Crippen LogP contribution in [0.5, 0.6) is 0 Å². The van der Waals surface area contributed by atoms with E-state index in [-0.39, 0.29) is 6.04 Å². The molecule has 0 radical (unpaired) electrons. The number of hydrogen-bond acceptors (Lipinski definition) is 5. The third-order valence-corrected chi connectivity index (χ3v) is 4.56. The minimum atomic E-state index is -0.279. The highest BCUT2D eigenvalue weighted by Crippen LogP contribution is 2.31. The monoisotopic (exact) mass is 313 g/mol. The van der Waals surface area contributed by atoms with Crippen LogP contribution in [0, 0.1) is 13.8 Å². The van der Waals surface area contributed by atoms with Crippen LogP contribution in [0.25, 0.3) is 0 Å². The van der Waals surface area contributed by atoms with Crippen molar-refractivity contribution in [3.8, 4) is 0 Å². The lowest BCUT2D eigenvalue weighted by molar-refractivity contribution is 0.368. The van der Waals surface area contributed by atoms with Gasteiger partial charge in [0.1, 0.15) is 0 Å². The predicted octanol–water partition coefficient (Wildman–Crippen LogP) is 2.22. The fourth-order valence-electron chi connectivity index (χ4n) is 2.11. The third-order valence-electron chi connectivity index (χ3n) is 3.11. The van der Waals surface area contributed by atoms with Crippen molar-refractivity contribution >= 4 is 22.9 Å². The lowest BCUT2D eigenvalue weighted by Crippen LogP contribution is -2.23. The van der Waals surface area contributed by atoms with Gasteiger partial charge >= 0.3 is 0 Å². The minimum absolute atomic E-state index is 0.279. The molecular weight excluding hydrogens is 294 g/mol. The molecule has 110 valence electrons. The van der Waals surface area contributed by atoms with Gasteiger partial charge in [0.15, 0.2) is 0 Å². The van der Waals surface area contributed by atoms with Crippen molar-refractivity contribution in [2.45, 2.75) is 26.4 Å². The van der Waals surface area contributed by atoms with Crippen molar-refractivity contribution in [1.82, 2.24) is 19.7 Å². The summed E-state index contributed by atoms with van der Waals surface area (Å²) >= 11 is 7.89. The maximum absolute atomic E-state index is 6.39. The highest BCUT2D eigenvalue weighted by Gasteiger charge is 2.22. The molecule has 2 heterocycles. The molecule has 20 heavy (non-hydrogen) atoms. The largest absolute Gasteiger partial charge is 0.318 e. The van der Waals surface area contributed by atoms with E-state index in [1.807, 2.05) is 32.6 Å². The van der Waals surface area contributed by atoms with E-state index in [9.17, 15) is 0 Å². The first-order chi connectivity index (χ1) is 9.40. The highest BCUT2D eigenvalue weighted by molar-refractivity contribution is 7.11. The SMILES string of the molecule is Cc1nc(C)c(C(N)c2c(Cl)cnn2CCN(C)C)s1. The van der Waals surface area contributed by atoms with Crippen LogP contribution in [0.4, 0.5) is 0 Å². The number of aryl methyl sites for hydroxylation is 2. The first-order valence-electron chi connectivity index (χ1n) is 6.45. The number of thiazole rings is 1. The maximum atomic E-state index is 6.39. The smallest absolute Gasteiger partial charge is 0.0900 e. The van der Waals surface area contributed by atoms with Crippen molar-refractivity contribution in [1.29, 1.82) is 0 Å². The first kappa shape index (κ1) is 15.4. The zero-order valence-electron chi connectivity index (χ0n) is 12.2. The van der Waals surface area contributed by atoms with Crippen LogP contribution in [0.15, 0.2) is 6.20 Å². The number of aromatic nitrogens is 3. The summed E-state index contributed by atoms with van der Waals surface area (Å²) in [4.78, 5) is 7.59. The van der Waals surface area contributed by atoms with Crippen LogP contribution in [0.1, 0.15) is 27.3 Å². The molecule has 1 atom stereocenters. The quantitative estimate of drug-likeness (QED) is 0.919. The molecule has 0 aliphatic carbocycles. The topological polar surface area (TPSA) is 60.0 Å². The Balaban J connectivity index is 2.31. The van der Waals surface area contributed by atoms with E-state index in [0.717, 1.165) is 34.4 Å². The Labute approximate surface area is 128 Å². The van der Waals surface area contributed by atoms with E-state index in [4.69, 9.17) is 17.3 Å². The van der Waals surface area contributed by atoms with Gasteiger partial charge in [-0.15, -0.1) is 11.3 Å². The van der Waals surface area contributed by atoms with Gasteiger partial charge in [0.25, 0.3) is 0 Å². The summed E-state index contributed by atoms with van der Waals surface area (Å²) in [6.07, 6.45) is 1.66. The van der Waals surface area contributed by atoms with Gasteiger partial charge in [-0.3, -0.25) is 4.68 Å². The predicted molar refractivity (Wildman–Crippen MR) is 83.4 cm³/mol. The van der Waals surface area contributed by atoms with E-state index in [1.165, 1.54) is 0 Å². The molecule has 0 bridgehead atoms. The number of likely N-dealkylation sites (N-methyl/N-ethyl adjacent to an activating group) is 1. The fraction of sp³-hybridized carbons (Fsp3) is 0.538. The molecule has 0 spiro atoms. The van der Waals surface area contributed by atoms with Gasteiger partial charge in [0.05, 0.1) is 45.1 Å². The summed E-state index contributed by atoms with van der Waals surface area (Å²) in [5.41, 5.74) is 8.22. The molecule has 0 saturated carbocycles. The molecule has 2 rings (SSSR count). The maximum Gasteiger partial charge on any atom is 0.0900 e. The molecule has 0 aromatic carbocycles. The van der Waals surface area contributed by atoms with E-state index in [0.29, 0.717) is 5.02 Å². The molecule has 1 unspecified atom stereocenters. The second-order valence-electron chi connectivity index (χ2n) is 5.06.